The highest BCUT2D eigenvalue weighted by molar-refractivity contribution is 5.49. The zero-order valence-corrected chi connectivity index (χ0v) is 19.9. The Bertz CT molecular complexity index is 864. The Balaban J connectivity index is 2.53. The van der Waals surface area contributed by atoms with Gasteiger partial charge in [0.2, 0.25) is 0 Å². The van der Waals surface area contributed by atoms with Crippen LogP contribution in [0.3, 0.4) is 0 Å². The number of rotatable bonds is 5. The zero-order chi connectivity index (χ0) is 22.1. The lowest BCUT2D eigenvalue weighted by atomic mass is 9.79. The number of phenolic OH excluding ortho intramolecular Hbond substituents is 2. The lowest BCUT2D eigenvalue weighted by molar-refractivity contribution is 0.443. The maximum absolute atomic E-state index is 10.6. The van der Waals surface area contributed by atoms with Crippen LogP contribution in [0.25, 0.3) is 0 Å². The summed E-state index contributed by atoms with van der Waals surface area (Å²) >= 11 is 0. The molecule has 1 atom stereocenters. The lowest BCUT2D eigenvalue weighted by Crippen LogP contribution is -2.15. The second-order valence-corrected chi connectivity index (χ2v) is 10.5. The normalized spacial score (nSPS) is 13.6. The van der Waals surface area contributed by atoms with Crippen LogP contribution in [-0.4, -0.2) is 10.2 Å². The second-order valence-electron chi connectivity index (χ2n) is 10.5. The standard InChI is InChI=1S/C27H40O2/c1-10-18-14-24(28)22(26(4,5)6)13-20(18)12-17(3)21-16-23(27(7,8)9)25(29)15-19(21)11-2/h13-17,28-29H,10-12H2,1-9H3. The Labute approximate surface area is 178 Å². The molecule has 2 aromatic carbocycles. The number of hydrogen-bond acceptors (Lipinski definition) is 2. The van der Waals surface area contributed by atoms with Crippen molar-refractivity contribution in [3.05, 3.63) is 57.6 Å². The van der Waals surface area contributed by atoms with Crippen molar-refractivity contribution in [2.24, 2.45) is 0 Å². The maximum atomic E-state index is 10.6. The third kappa shape index (κ3) is 5.15. The quantitative estimate of drug-likeness (QED) is 0.562. The maximum Gasteiger partial charge on any atom is 0.119 e. The molecule has 0 saturated carbocycles. The van der Waals surface area contributed by atoms with Crippen LogP contribution in [0.2, 0.25) is 0 Å². The van der Waals surface area contributed by atoms with Gasteiger partial charge in [0, 0.05) is 0 Å². The molecule has 29 heavy (non-hydrogen) atoms. The fourth-order valence-electron chi connectivity index (χ4n) is 4.25. The second kappa shape index (κ2) is 8.42. The zero-order valence-electron chi connectivity index (χ0n) is 19.9. The SMILES string of the molecule is CCc1cc(O)c(C(C)(C)C)cc1CC(C)c1cc(C(C)(C)C)c(O)cc1CC. The van der Waals surface area contributed by atoms with E-state index in [9.17, 15) is 10.2 Å². The highest BCUT2D eigenvalue weighted by Crippen LogP contribution is 2.38. The van der Waals surface area contributed by atoms with Crippen LogP contribution < -0.4 is 0 Å². The van der Waals surface area contributed by atoms with Crippen molar-refractivity contribution in [1.82, 2.24) is 0 Å². The molecular weight excluding hydrogens is 356 g/mol. The van der Waals surface area contributed by atoms with Gasteiger partial charge in [0.05, 0.1) is 0 Å². The summed E-state index contributed by atoms with van der Waals surface area (Å²) in [7, 11) is 0. The van der Waals surface area contributed by atoms with E-state index in [4.69, 9.17) is 0 Å². The molecule has 0 aliphatic heterocycles. The number of phenols is 2. The van der Waals surface area contributed by atoms with Gasteiger partial charge < -0.3 is 10.2 Å². The van der Waals surface area contributed by atoms with Crippen LogP contribution in [0.5, 0.6) is 11.5 Å². The Morgan fingerprint density at radius 2 is 1.14 bits per heavy atom. The molecule has 2 aromatic rings. The summed E-state index contributed by atoms with van der Waals surface area (Å²) in [5.41, 5.74) is 6.89. The van der Waals surface area contributed by atoms with E-state index < -0.39 is 0 Å². The Morgan fingerprint density at radius 1 is 0.690 bits per heavy atom. The van der Waals surface area contributed by atoms with Crippen molar-refractivity contribution in [2.75, 3.05) is 0 Å². The third-order valence-corrected chi connectivity index (χ3v) is 6.01. The van der Waals surface area contributed by atoms with Crippen molar-refractivity contribution >= 4 is 0 Å². The first-order valence-electron chi connectivity index (χ1n) is 11.0. The van der Waals surface area contributed by atoms with Gasteiger partial charge >= 0.3 is 0 Å². The lowest BCUT2D eigenvalue weighted by Gasteiger charge is -2.26. The fourth-order valence-corrected chi connectivity index (χ4v) is 4.25. The smallest absolute Gasteiger partial charge is 0.119 e. The van der Waals surface area contributed by atoms with E-state index in [-0.39, 0.29) is 10.8 Å². The predicted octanol–water partition coefficient (Wildman–Crippen LogP) is 7.16. The van der Waals surface area contributed by atoms with E-state index in [1.165, 1.54) is 22.3 Å². The van der Waals surface area contributed by atoms with Crippen molar-refractivity contribution in [1.29, 1.82) is 0 Å². The number of benzene rings is 2. The molecule has 0 radical (unpaired) electrons. The van der Waals surface area contributed by atoms with Gasteiger partial charge in [-0.1, -0.05) is 74.4 Å². The molecule has 2 heteroatoms. The Hall–Kier alpha value is -1.96. The largest absolute Gasteiger partial charge is 0.508 e. The molecule has 0 heterocycles. The summed E-state index contributed by atoms with van der Waals surface area (Å²) in [4.78, 5) is 0. The topological polar surface area (TPSA) is 40.5 Å². The molecule has 0 aromatic heterocycles. The van der Waals surface area contributed by atoms with Crippen LogP contribution >= 0.6 is 0 Å². The molecular formula is C27H40O2. The van der Waals surface area contributed by atoms with Gasteiger partial charge in [-0.25, -0.2) is 0 Å². The number of hydrogen-bond donors (Lipinski definition) is 2. The van der Waals surface area contributed by atoms with E-state index in [1.54, 1.807) is 0 Å². The monoisotopic (exact) mass is 396 g/mol. The molecule has 2 nitrogen and oxygen atoms in total. The van der Waals surface area contributed by atoms with Crippen LogP contribution in [0.4, 0.5) is 0 Å². The average Bonchev–Trinajstić information content (AvgIpc) is 2.60. The van der Waals surface area contributed by atoms with Gasteiger partial charge in [-0.3, -0.25) is 0 Å². The van der Waals surface area contributed by atoms with Gasteiger partial charge in [0.25, 0.3) is 0 Å². The molecule has 2 N–H and O–H groups in total. The molecule has 0 bridgehead atoms. The molecule has 0 fully saturated rings. The van der Waals surface area contributed by atoms with E-state index in [0.29, 0.717) is 17.4 Å². The predicted molar refractivity (Wildman–Crippen MR) is 124 cm³/mol. The summed E-state index contributed by atoms with van der Waals surface area (Å²) in [5, 5.41) is 21.1. The van der Waals surface area contributed by atoms with Crippen LogP contribution in [0.1, 0.15) is 102 Å². The molecule has 0 spiro atoms. The highest BCUT2D eigenvalue weighted by Gasteiger charge is 2.24. The molecule has 1 unspecified atom stereocenters. The third-order valence-electron chi connectivity index (χ3n) is 6.01. The van der Waals surface area contributed by atoms with Crippen LogP contribution in [0.15, 0.2) is 24.3 Å². The summed E-state index contributed by atoms with van der Waals surface area (Å²) in [5.74, 6) is 1.13. The first-order valence-corrected chi connectivity index (χ1v) is 11.0. The van der Waals surface area contributed by atoms with E-state index in [1.807, 2.05) is 12.1 Å². The van der Waals surface area contributed by atoms with Crippen molar-refractivity contribution in [3.63, 3.8) is 0 Å². The van der Waals surface area contributed by atoms with E-state index >= 15 is 0 Å². The van der Waals surface area contributed by atoms with Gasteiger partial charge in [0.15, 0.2) is 0 Å². The fraction of sp³-hybridized carbons (Fsp3) is 0.556. The van der Waals surface area contributed by atoms with Crippen molar-refractivity contribution in [3.8, 4) is 11.5 Å². The summed E-state index contributed by atoms with van der Waals surface area (Å²) < 4.78 is 0. The molecule has 0 saturated heterocycles. The van der Waals surface area contributed by atoms with Gasteiger partial charge in [-0.15, -0.1) is 0 Å². The van der Waals surface area contributed by atoms with Crippen LogP contribution in [0, 0.1) is 0 Å². The molecule has 0 aliphatic rings. The number of aryl methyl sites for hydroxylation is 2. The summed E-state index contributed by atoms with van der Waals surface area (Å²) in [6.07, 6.45) is 2.73. The molecule has 0 aliphatic carbocycles. The highest BCUT2D eigenvalue weighted by atomic mass is 16.3. The van der Waals surface area contributed by atoms with Gasteiger partial charge in [-0.2, -0.15) is 0 Å². The average molecular weight is 397 g/mol. The van der Waals surface area contributed by atoms with Crippen molar-refractivity contribution < 1.29 is 10.2 Å². The van der Waals surface area contributed by atoms with Crippen molar-refractivity contribution in [2.45, 2.75) is 98.3 Å². The van der Waals surface area contributed by atoms with Crippen LogP contribution in [-0.2, 0) is 30.1 Å². The summed E-state index contributed by atoms with van der Waals surface area (Å²) in [6.45, 7) is 19.4. The molecule has 2 rings (SSSR count). The summed E-state index contributed by atoms with van der Waals surface area (Å²) in [6, 6.07) is 8.35. The number of aromatic hydroxyl groups is 2. The molecule has 0 amide bonds. The minimum atomic E-state index is -0.0999. The van der Waals surface area contributed by atoms with Gasteiger partial charge in [-0.05, 0) is 81.5 Å². The molecule has 160 valence electrons. The minimum absolute atomic E-state index is 0.0964. The Morgan fingerprint density at radius 3 is 1.59 bits per heavy atom. The van der Waals surface area contributed by atoms with Gasteiger partial charge in [0.1, 0.15) is 11.5 Å². The van der Waals surface area contributed by atoms with E-state index in [0.717, 1.165) is 30.4 Å². The minimum Gasteiger partial charge on any atom is -0.508 e. The first-order chi connectivity index (χ1) is 13.3. The first kappa shape index (κ1) is 23.3. The Kier molecular flexibility index (Phi) is 6.77. The van der Waals surface area contributed by atoms with E-state index in [2.05, 4.69) is 74.4 Å².